The quantitative estimate of drug-likeness (QED) is 0.768. The predicted molar refractivity (Wildman–Crippen MR) is 87.4 cm³/mol. The van der Waals surface area contributed by atoms with Gasteiger partial charge in [0, 0.05) is 28.4 Å². The van der Waals surface area contributed by atoms with Gasteiger partial charge in [-0.25, -0.2) is 0 Å². The highest BCUT2D eigenvalue weighted by atomic mass is 32.1. The van der Waals surface area contributed by atoms with E-state index < -0.39 is 0 Å². The van der Waals surface area contributed by atoms with Crippen LogP contribution in [-0.4, -0.2) is 13.2 Å². The van der Waals surface area contributed by atoms with Crippen molar-refractivity contribution in [2.24, 2.45) is 0 Å². The molecule has 0 aliphatic carbocycles. The molecule has 3 heteroatoms. The molecule has 1 N–H and O–H groups in total. The summed E-state index contributed by atoms with van der Waals surface area (Å²) in [5.41, 5.74) is 1.13. The summed E-state index contributed by atoms with van der Waals surface area (Å²) in [5, 5.41) is 3.40. The van der Waals surface area contributed by atoms with Crippen LogP contribution in [0.1, 0.15) is 22.2 Å². The number of allylic oxidation sites excluding steroid dienone is 1. The zero-order valence-corrected chi connectivity index (χ0v) is 12.9. The van der Waals surface area contributed by atoms with E-state index >= 15 is 0 Å². The highest BCUT2D eigenvalue weighted by Gasteiger charge is 1.99. The molecule has 0 bridgehead atoms. The molecule has 0 saturated heterocycles. The maximum atomic E-state index is 5.82. The lowest BCUT2D eigenvalue weighted by molar-refractivity contribution is 0.313. The van der Waals surface area contributed by atoms with Gasteiger partial charge < -0.3 is 10.1 Å². The van der Waals surface area contributed by atoms with Gasteiger partial charge in [0.05, 0.1) is 0 Å². The third kappa shape index (κ3) is 4.51. The summed E-state index contributed by atoms with van der Waals surface area (Å²) < 4.78 is 5.82. The van der Waals surface area contributed by atoms with E-state index in [4.69, 9.17) is 4.74 Å². The van der Waals surface area contributed by atoms with Crippen molar-refractivity contribution in [3.63, 3.8) is 0 Å². The number of nitrogens with one attached hydrogen (secondary N) is 1. The van der Waals surface area contributed by atoms with Crippen LogP contribution in [0.15, 0.2) is 42.5 Å². The molecular weight excluding hydrogens is 266 g/mol. The van der Waals surface area contributed by atoms with Crippen LogP contribution in [0.2, 0.25) is 0 Å². The van der Waals surface area contributed by atoms with Crippen molar-refractivity contribution in [2.45, 2.75) is 20.4 Å². The molecular formula is C17H21NOS. The Morgan fingerprint density at radius 2 is 2.05 bits per heavy atom. The molecule has 0 unspecified atom stereocenters. The molecule has 0 saturated carbocycles. The Kier molecular flexibility index (Phi) is 5.84. The monoisotopic (exact) mass is 287 g/mol. The second-order valence-electron chi connectivity index (χ2n) is 4.58. The zero-order valence-electron chi connectivity index (χ0n) is 12.1. The van der Waals surface area contributed by atoms with Crippen LogP contribution in [0, 0.1) is 6.92 Å². The second-order valence-corrected chi connectivity index (χ2v) is 5.95. The smallest absolute Gasteiger partial charge is 0.126 e. The molecule has 0 amide bonds. The lowest BCUT2D eigenvalue weighted by Gasteiger charge is -2.09. The number of ether oxygens (including phenoxy) is 1. The van der Waals surface area contributed by atoms with Crippen molar-refractivity contribution < 1.29 is 4.74 Å². The largest absolute Gasteiger partial charge is 0.492 e. The van der Waals surface area contributed by atoms with Gasteiger partial charge in [0.15, 0.2) is 0 Å². The molecule has 2 rings (SSSR count). The van der Waals surface area contributed by atoms with Crippen molar-refractivity contribution in [3.8, 4) is 5.75 Å². The molecule has 0 aliphatic rings. The summed E-state index contributed by atoms with van der Waals surface area (Å²) in [4.78, 5) is 2.73. The Balaban J connectivity index is 1.73. The topological polar surface area (TPSA) is 21.3 Å². The summed E-state index contributed by atoms with van der Waals surface area (Å²) >= 11 is 1.84. The first-order valence-electron chi connectivity index (χ1n) is 6.90. The highest BCUT2D eigenvalue weighted by Crippen LogP contribution is 2.19. The Hall–Kier alpha value is -1.58. The van der Waals surface area contributed by atoms with E-state index in [1.807, 2.05) is 42.5 Å². The SMILES string of the molecule is CC=Cc1ccccc1OCCNCc1ccc(C)s1. The molecule has 2 aromatic rings. The maximum absolute atomic E-state index is 5.82. The summed E-state index contributed by atoms with van der Waals surface area (Å²) in [5.74, 6) is 0.944. The first kappa shape index (κ1) is 14.8. The van der Waals surface area contributed by atoms with Gasteiger partial charge in [-0.1, -0.05) is 30.4 Å². The van der Waals surface area contributed by atoms with Gasteiger partial charge in [0.2, 0.25) is 0 Å². The molecule has 20 heavy (non-hydrogen) atoms. The number of para-hydroxylation sites is 1. The molecule has 0 radical (unpaired) electrons. The van der Waals surface area contributed by atoms with Crippen molar-refractivity contribution in [1.82, 2.24) is 5.32 Å². The van der Waals surface area contributed by atoms with E-state index in [0.29, 0.717) is 6.61 Å². The van der Waals surface area contributed by atoms with E-state index in [1.54, 1.807) is 0 Å². The molecule has 1 heterocycles. The van der Waals surface area contributed by atoms with E-state index in [9.17, 15) is 0 Å². The van der Waals surface area contributed by atoms with Gasteiger partial charge in [-0.3, -0.25) is 0 Å². The van der Waals surface area contributed by atoms with Gasteiger partial charge in [-0.05, 0) is 32.0 Å². The number of rotatable bonds is 7. The first-order valence-corrected chi connectivity index (χ1v) is 7.72. The average molecular weight is 287 g/mol. The third-order valence-corrected chi connectivity index (χ3v) is 3.90. The van der Waals surface area contributed by atoms with Crippen LogP contribution in [0.5, 0.6) is 5.75 Å². The van der Waals surface area contributed by atoms with Gasteiger partial charge in [0.1, 0.15) is 12.4 Å². The van der Waals surface area contributed by atoms with Gasteiger partial charge >= 0.3 is 0 Å². The fourth-order valence-electron chi connectivity index (χ4n) is 1.95. The fourth-order valence-corrected chi connectivity index (χ4v) is 2.81. The summed E-state index contributed by atoms with van der Waals surface area (Å²) in [6, 6.07) is 12.4. The molecule has 106 valence electrons. The van der Waals surface area contributed by atoms with Crippen LogP contribution >= 0.6 is 11.3 Å². The third-order valence-electron chi connectivity index (χ3n) is 2.90. The van der Waals surface area contributed by atoms with E-state index in [-0.39, 0.29) is 0 Å². The maximum Gasteiger partial charge on any atom is 0.126 e. The predicted octanol–water partition coefficient (Wildman–Crippen LogP) is 4.26. The van der Waals surface area contributed by atoms with Crippen LogP contribution in [0.4, 0.5) is 0 Å². The Morgan fingerprint density at radius 3 is 2.80 bits per heavy atom. The molecule has 0 spiro atoms. The van der Waals surface area contributed by atoms with E-state index in [2.05, 4.69) is 36.5 Å². The molecule has 1 aromatic heterocycles. The van der Waals surface area contributed by atoms with E-state index in [1.165, 1.54) is 9.75 Å². The molecule has 0 aliphatic heterocycles. The van der Waals surface area contributed by atoms with Crippen molar-refractivity contribution >= 4 is 17.4 Å². The summed E-state index contributed by atoms with van der Waals surface area (Å²) in [6.45, 7) is 6.59. The normalized spacial score (nSPS) is 11.1. The average Bonchev–Trinajstić information content (AvgIpc) is 2.86. The molecule has 2 nitrogen and oxygen atoms in total. The van der Waals surface area contributed by atoms with Crippen molar-refractivity contribution in [1.29, 1.82) is 0 Å². The molecule has 0 fully saturated rings. The number of hydrogen-bond acceptors (Lipinski definition) is 3. The van der Waals surface area contributed by atoms with Crippen molar-refractivity contribution in [3.05, 3.63) is 57.8 Å². The standard InChI is InChI=1S/C17H21NOS/c1-3-6-15-7-4-5-8-17(15)19-12-11-18-13-16-10-9-14(2)20-16/h3-10,18H,11-13H2,1-2H3. The fraction of sp³-hybridized carbons (Fsp3) is 0.294. The minimum atomic E-state index is 0.679. The van der Waals surface area contributed by atoms with Gasteiger partial charge in [0.25, 0.3) is 0 Å². The van der Waals surface area contributed by atoms with Crippen LogP contribution < -0.4 is 10.1 Å². The van der Waals surface area contributed by atoms with Crippen LogP contribution in [0.25, 0.3) is 6.08 Å². The number of aryl methyl sites for hydroxylation is 1. The molecule has 1 aromatic carbocycles. The highest BCUT2D eigenvalue weighted by molar-refractivity contribution is 7.11. The minimum Gasteiger partial charge on any atom is -0.492 e. The van der Waals surface area contributed by atoms with Crippen LogP contribution in [-0.2, 0) is 6.54 Å². The van der Waals surface area contributed by atoms with E-state index in [0.717, 1.165) is 24.4 Å². The lowest BCUT2D eigenvalue weighted by Crippen LogP contribution is -2.20. The number of thiophene rings is 1. The zero-order chi connectivity index (χ0) is 14.2. The van der Waals surface area contributed by atoms with Crippen LogP contribution in [0.3, 0.4) is 0 Å². The minimum absolute atomic E-state index is 0.679. The molecule has 0 atom stereocenters. The Bertz CT molecular complexity index is 560. The first-order chi connectivity index (χ1) is 9.79. The number of benzene rings is 1. The van der Waals surface area contributed by atoms with Gasteiger partial charge in [-0.2, -0.15) is 0 Å². The number of hydrogen-bond donors (Lipinski definition) is 1. The van der Waals surface area contributed by atoms with Gasteiger partial charge in [-0.15, -0.1) is 11.3 Å². The summed E-state index contributed by atoms with van der Waals surface area (Å²) in [7, 11) is 0. The Labute approximate surface area is 125 Å². The lowest BCUT2D eigenvalue weighted by atomic mass is 10.2. The van der Waals surface area contributed by atoms with Crippen molar-refractivity contribution in [2.75, 3.05) is 13.2 Å². The second kappa shape index (κ2) is 7.88. The summed E-state index contributed by atoms with van der Waals surface area (Å²) in [6.07, 6.45) is 4.09. The Morgan fingerprint density at radius 1 is 1.20 bits per heavy atom.